The van der Waals surface area contributed by atoms with Crippen LogP contribution in [0.25, 0.3) is 0 Å². The van der Waals surface area contributed by atoms with E-state index in [0.717, 1.165) is 12.5 Å². The Labute approximate surface area is 189 Å². The summed E-state index contributed by atoms with van der Waals surface area (Å²) in [5, 5.41) is 3.83. The summed E-state index contributed by atoms with van der Waals surface area (Å²) in [4.78, 5) is 2.68. The van der Waals surface area contributed by atoms with Crippen molar-refractivity contribution in [3.8, 4) is 0 Å². The predicted octanol–water partition coefficient (Wildman–Crippen LogP) is 5.84. The van der Waals surface area contributed by atoms with Gasteiger partial charge in [-0.15, -0.1) is 24.8 Å². The third-order valence-corrected chi connectivity index (χ3v) is 6.49. The average Bonchev–Trinajstić information content (AvgIpc) is 2.73. The highest BCUT2D eigenvalue weighted by Gasteiger charge is 2.20. The summed E-state index contributed by atoms with van der Waals surface area (Å²) in [7, 11) is 0. The molecule has 4 heteroatoms. The van der Waals surface area contributed by atoms with Gasteiger partial charge in [-0.1, -0.05) is 54.6 Å². The number of aryl methyl sites for hydroxylation is 1. The average molecular weight is 435 g/mol. The number of nitrogens with one attached hydrogen (secondary N) is 1. The fraction of sp³-hybridized carbons (Fsp3) is 0.520. The zero-order chi connectivity index (χ0) is 18.3. The molecule has 0 aromatic heterocycles. The Morgan fingerprint density at radius 3 is 2.38 bits per heavy atom. The molecule has 29 heavy (non-hydrogen) atoms. The second kappa shape index (κ2) is 12.6. The molecule has 2 nitrogen and oxygen atoms in total. The van der Waals surface area contributed by atoms with Crippen LogP contribution >= 0.6 is 24.8 Å². The van der Waals surface area contributed by atoms with Gasteiger partial charge in [0.25, 0.3) is 0 Å². The number of hydrogen-bond acceptors (Lipinski definition) is 2. The van der Waals surface area contributed by atoms with Crippen LogP contribution in [0.3, 0.4) is 0 Å². The van der Waals surface area contributed by atoms with E-state index in [2.05, 4.69) is 64.8 Å². The van der Waals surface area contributed by atoms with Crippen molar-refractivity contribution in [2.24, 2.45) is 5.92 Å². The minimum absolute atomic E-state index is 0. The van der Waals surface area contributed by atoms with Gasteiger partial charge in [-0.3, -0.25) is 0 Å². The Morgan fingerprint density at radius 1 is 0.862 bits per heavy atom. The maximum atomic E-state index is 3.83. The van der Waals surface area contributed by atoms with E-state index < -0.39 is 0 Å². The summed E-state index contributed by atoms with van der Waals surface area (Å²) >= 11 is 0. The number of benzene rings is 2. The normalized spacial score (nSPS) is 19.7. The van der Waals surface area contributed by atoms with Crippen LogP contribution in [0.15, 0.2) is 54.6 Å². The molecule has 1 aliphatic heterocycles. The minimum atomic E-state index is 0. The monoisotopic (exact) mass is 434 g/mol. The SMILES string of the molecule is Cl.Cl.c1ccc(CC2CCN(CCCNC3CCCc4ccccc43)CC2)cc1. The van der Waals surface area contributed by atoms with Crippen LogP contribution in [0.2, 0.25) is 0 Å². The number of nitrogens with zero attached hydrogens (tertiary/aromatic N) is 1. The van der Waals surface area contributed by atoms with Gasteiger partial charge in [0.2, 0.25) is 0 Å². The molecule has 1 heterocycles. The van der Waals surface area contributed by atoms with Gasteiger partial charge >= 0.3 is 0 Å². The molecule has 0 radical (unpaired) electrons. The zero-order valence-electron chi connectivity index (χ0n) is 17.4. The zero-order valence-corrected chi connectivity index (χ0v) is 19.0. The van der Waals surface area contributed by atoms with Gasteiger partial charge in [-0.25, -0.2) is 0 Å². The first-order valence-corrected chi connectivity index (χ1v) is 11.0. The summed E-state index contributed by atoms with van der Waals surface area (Å²) < 4.78 is 0. The van der Waals surface area contributed by atoms with Crippen LogP contribution < -0.4 is 5.32 Å². The topological polar surface area (TPSA) is 15.3 Å². The van der Waals surface area contributed by atoms with Crippen LogP contribution in [0.4, 0.5) is 0 Å². The molecule has 4 rings (SSSR count). The predicted molar refractivity (Wildman–Crippen MR) is 129 cm³/mol. The Morgan fingerprint density at radius 2 is 1.59 bits per heavy atom. The molecule has 0 bridgehead atoms. The third kappa shape index (κ3) is 7.00. The van der Waals surface area contributed by atoms with Crippen molar-refractivity contribution in [2.45, 2.75) is 51.0 Å². The Balaban J connectivity index is 0.00000150. The molecule has 2 aliphatic rings. The molecule has 160 valence electrons. The second-order valence-corrected chi connectivity index (χ2v) is 8.43. The van der Waals surface area contributed by atoms with Gasteiger partial charge in [0.1, 0.15) is 0 Å². The molecule has 0 saturated carbocycles. The maximum absolute atomic E-state index is 3.83. The van der Waals surface area contributed by atoms with Crippen LogP contribution in [0.5, 0.6) is 0 Å². The number of likely N-dealkylation sites (tertiary alicyclic amines) is 1. The number of fused-ring (bicyclic) bond motifs is 1. The number of rotatable bonds is 7. The van der Waals surface area contributed by atoms with E-state index in [-0.39, 0.29) is 24.8 Å². The number of piperidine rings is 1. The van der Waals surface area contributed by atoms with Crippen molar-refractivity contribution in [3.63, 3.8) is 0 Å². The van der Waals surface area contributed by atoms with E-state index in [1.165, 1.54) is 70.1 Å². The molecule has 1 unspecified atom stereocenters. The summed E-state index contributed by atoms with van der Waals surface area (Å²) in [5.74, 6) is 0.875. The largest absolute Gasteiger partial charge is 0.310 e. The quantitative estimate of drug-likeness (QED) is 0.550. The lowest BCUT2D eigenvalue weighted by Gasteiger charge is -2.32. The van der Waals surface area contributed by atoms with Crippen molar-refractivity contribution in [1.82, 2.24) is 10.2 Å². The molecular formula is C25H36Cl2N2. The highest BCUT2D eigenvalue weighted by Crippen LogP contribution is 2.29. The van der Waals surface area contributed by atoms with Gasteiger partial charge in [-0.2, -0.15) is 0 Å². The first kappa shape index (κ1) is 24.2. The van der Waals surface area contributed by atoms with Gasteiger partial charge in [0.05, 0.1) is 0 Å². The van der Waals surface area contributed by atoms with E-state index in [0.29, 0.717) is 6.04 Å². The summed E-state index contributed by atoms with van der Waals surface area (Å²) in [6, 6.07) is 20.6. The van der Waals surface area contributed by atoms with Crippen LogP contribution in [-0.2, 0) is 12.8 Å². The van der Waals surface area contributed by atoms with Gasteiger partial charge in [0, 0.05) is 6.04 Å². The molecular weight excluding hydrogens is 399 g/mol. The van der Waals surface area contributed by atoms with E-state index in [1.54, 1.807) is 11.1 Å². The van der Waals surface area contributed by atoms with E-state index in [4.69, 9.17) is 0 Å². The van der Waals surface area contributed by atoms with Crippen molar-refractivity contribution in [3.05, 3.63) is 71.3 Å². The first-order valence-electron chi connectivity index (χ1n) is 11.0. The van der Waals surface area contributed by atoms with Gasteiger partial charge in [0.15, 0.2) is 0 Å². The molecule has 1 saturated heterocycles. The molecule has 1 N–H and O–H groups in total. The molecule has 0 spiro atoms. The lowest BCUT2D eigenvalue weighted by molar-refractivity contribution is 0.181. The second-order valence-electron chi connectivity index (χ2n) is 8.43. The third-order valence-electron chi connectivity index (χ3n) is 6.49. The van der Waals surface area contributed by atoms with Crippen LogP contribution in [0.1, 0.15) is 54.8 Å². The Hall–Kier alpha value is -1.06. The summed E-state index contributed by atoms with van der Waals surface area (Å²) in [6.07, 6.45) is 9.12. The fourth-order valence-electron chi connectivity index (χ4n) is 4.91. The van der Waals surface area contributed by atoms with Crippen molar-refractivity contribution >= 4 is 24.8 Å². The molecule has 0 amide bonds. The van der Waals surface area contributed by atoms with E-state index in [9.17, 15) is 0 Å². The number of halogens is 2. The van der Waals surface area contributed by atoms with Crippen LogP contribution in [0, 0.1) is 5.92 Å². The van der Waals surface area contributed by atoms with Crippen molar-refractivity contribution < 1.29 is 0 Å². The highest BCUT2D eigenvalue weighted by molar-refractivity contribution is 5.85. The summed E-state index contributed by atoms with van der Waals surface area (Å²) in [5.41, 5.74) is 4.61. The van der Waals surface area contributed by atoms with E-state index in [1.807, 2.05) is 0 Å². The molecule has 1 fully saturated rings. The van der Waals surface area contributed by atoms with Gasteiger partial charge in [-0.05, 0) is 93.7 Å². The fourth-order valence-corrected chi connectivity index (χ4v) is 4.91. The number of hydrogen-bond donors (Lipinski definition) is 1. The van der Waals surface area contributed by atoms with Crippen molar-refractivity contribution in [1.29, 1.82) is 0 Å². The highest BCUT2D eigenvalue weighted by atomic mass is 35.5. The smallest absolute Gasteiger partial charge is 0.0323 e. The molecule has 2 aromatic rings. The first-order chi connectivity index (χ1) is 13.4. The Kier molecular flexibility index (Phi) is 10.5. The maximum Gasteiger partial charge on any atom is 0.0323 e. The van der Waals surface area contributed by atoms with Crippen LogP contribution in [-0.4, -0.2) is 31.1 Å². The van der Waals surface area contributed by atoms with E-state index >= 15 is 0 Å². The standard InChI is InChI=1S/C25H34N2.2ClH/c1-2-8-21(9-3-1)20-22-14-18-27(19-15-22)17-7-16-26-25-13-6-11-23-10-4-5-12-24(23)25;;/h1-5,8-10,12,22,25-26H,6-7,11,13-20H2;2*1H. The minimum Gasteiger partial charge on any atom is -0.310 e. The molecule has 1 aliphatic carbocycles. The van der Waals surface area contributed by atoms with Crippen molar-refractivity contribution in [2.75, 3.05) is 26.2 Å². The lowest BCUT2D eigenvalue weighted by atomic mass is 9.88. The molecule has 2 aromatic carbocycles. The lowest BCUT2D eigenvalue weighted by Crippen LogP contribution is -2.36. The Bertz CT molecular complexity index is 699. The molecule has 1 atom stereocenters. The summed E-state index contributed by atoms with van der Waals surface area (Å²) in [6.45, 7) is 4.95. The van der Waals surface area contributed by atoms with Gasteiger partial charge < -0.3 is 10.2 Å².